The van der Waals surface area contributed by atoms with Crippen molar-refractivity contribution >= 4 is 17.4 Å². The van der Waals surface area contributed by atoms with Crippen LogP contribution in [0.2, 0.25) is 5.02 Å². The Labute approximate surface area is 130 Å². The molecular weight excluding hydrogens is 293 g/mol. The lowest BCUT2D eigenvalue weighted by Crippen LogP contribution is -2.56. The van der Waals surface area contributed by atoms with Gasteiger partial charge in [0.15, 0.2) is 5.78 Å². The SMILES string of the molecule is CCC(C)(C(=O)Cc1ccc(Cl)cc1F)N1CCOCC1. The summed E-state index contributed by atoms with van der Waals surface area (Å²) in [5.41, 5.74) is -0.173. The second kappa shape index (κ2) is 6.86. The van der Waals surface area contributed by atoms with E-state index < -0.39 is 11.4 Å². The number of nitrogens with zero attached hydrogens (tertiary/aromatic N) is 1. The normalized spacial score (nSPS) is 19.2. The van der Waals surface area contributed by atoms with Crippen LogP contribution in [-0.2, 0) is 16.0 Å². The first-order chi connectivity index (χ1) is 9.97. The third-order valence-corrected chi connectivity index (χ3v) is 4.60. The molecule has 1 unspecified atom stereocenters. The molecule has 0 bridgehead atoms. The van der Waals surface area contributed by atoms with E-state index in [-0.39, 0.29) is 12.2 Å². The first-order valence-electron chi connectivity index (χ1n) is 7.27. The lowest BCUT2D eigenvalue weighted by Gasteiger charge is -2.41. The minimum absolute atomic E-state index is 0.0353. The van der Waals surface area contributed by atoms with E-state index >= 15 is 0 Å². The Balaban J connectivity index is 2.15. The molecule has 116 valence electrons. The molecule has 1 fully saturated rings. The molecule has 1 atom stereocenters. The molecule has 1 aliphatic heterocycles. The number of carbonyl (C=O) groups is 1. The highest BCUT2D eigenvalue weighted by molar-refractivity contribution is 6.30. The largest absolute Gasteiger partial charge is 0.379 e. The molecule has 0 saturated carbocycles. The van der Waals surface area contributed by atoms with Crippen LogP contribution in [0.1, 0.15) is 25.8 Å². The van der Waals surface area contributed by atoms with E-state index in [4.69, 9.17) is 16.3 Å². The van der Waals surface area contributed by atoms with Crippen molar-refractivity contribution in [1.29, 1.82) is 0 Å². The summed E-state index contributed by atoms with van der Waals surface area (Å²) in [6, 6.07) is 4.46. The summed E-state index contributed by atoms with van der Waals surface area (Å²) < 4.78 is 19.2. The van der Waals surface area contributed by atoms with Crippen LogP contribution in [0.4, 0.5) is 4.39 Å². The van der Waals surface area contributed by atoms with Crippen molar-refractivity contribution in [3.63, 3.8) is 0 Å². The zero-order valence-electron chi connectivity index (χ0n) is 12.5. The number of ketones is 1. The highest BCUT2D eigenvalue weighted by atomic mass is 35.5. The van der Waals surface area contributed by atoms with Gasteiger partial charge in [0.25, 0.3) is 0 Å². The average molecular weight is 314 g/mol. The van der Waals surface area contributed by atoms with Crippen molar-refractivity contribution in [2.75, 3.05) is 26.3 Å². The van der Waals surface area contributed by atoms with Crippen molar-refractivity contribution in [3.05, 3.63) is 34.6 Å². The molecule has 0 radical (unpaired) electrons. The van der Waals surface area contributed by atoms with Gasteiger partial charge in [-0.15, -0.1) is 0 Å². The smallest absolute Gasteiger partial charge is 0.157 e. The quantitative estimate of drug-likeness (QED) is 0.836. The van der Waals surface area contributed by atoms with Gasteiger partial charge in [-0.2, -0.15) is 0 Å². The molecule has 2 rings (SSSR count). The summed E-state index contributed by atoms with van der Waals surface area (Å²) in [6.45, 7) is 6.68. The standard InChI is InChI=1S/C16H21ClFNO2/c1-3-16(2,19-6-8-21-9-7-19)15(20)10-12-4-5-13(17)11-14(12)18/h4-5,11H,3,6-10H2,1-2H3. The number of hydrogen-bond donors (Lipinski definition) is 0. The van der Waals surface area contributed by atoms with Crippen molar-refractivity contribution in [1.82, 2.24) is 4.90 Å². The van der Waals surface area contributed by atoms with E-state index in [1.54, 1.807) is 12.1 Å². The number of carbonyl (C=O) groups excluding carboxylic acids is 1. The number of morpholine rings is 1. The van der Waals surface area contributed by atoms with Crippen LogP contribution >= 0.6 is 11.6 Å². The van der Waals surface area contributed by atoms with Crippen LogP contribution in [0, 0.1) is 5.82 Å². The number of Topliss-reactive ketones (excluding diaryl/α,β-unsaturated/α-hetero) is 1. The molecule has 5 heteroatoms. The van der Waals surface area contributed by atoms with E-state index in [1.165, 1.54) is 6.07 Å². The van der Waals surface area contributed by atoms with Crippen LogP contribution < -0.4 is 0 Å². The molecule has 1 aromatic rings. The maximum Gasteiger partial charge on any atom is 0.157 e. The van der Waals surface area contributed by atoms with Gasteiger partial charge in [0, 0.05) is 24.5 Å². The zero-order chi connectivity index (χ0) is 15.5. The second-order valence-electron chi connectivity index (χ2n) is 5.56. The van der Waals surface area contributed by atoms with Crippen LogP contribution in [0.3, 0.4) is 0 Å². The summed E-state index contributed by atoms with van der Waals surface area (Å²) in [6.07, 6.45) is 0.783. The Morgan fingerprint density at radius 1 is 1.43 bits per heavy atom. The highest BCUT2D eigenvalue weighted by Crippen LogP contribution is 2.25. The van der Waals surface area contributed by atoms with E-state index in [1.807, 2.05) is 13.8 Å². The van der Waals surface area contributed by atoms with Gasteiger partial charge < -0.3 is 4.74 Å². The Kier molecular flexibility index (Phi) is 5.36. The second-order valence-corrected chi connectivity index (χ2v) is 6.00. The van der Waals surface area contributed by atoms with Gasteiger partial charge in [0.05, 0.1) is 18.8 Å². The molecule has 1 saturated heterocycles. The van der Waals surface area contributed by atoms with Crippen LogP contribution in [0.5, 0.6) is 0 Å². The lowest BCUT2D eigenvalue weighted by molar-refractivity contribution is -0.133. The summed E-state index contributed by atoms with van der Waals surface area (Å²) >= 11 is 5.75. The molecule has 3 nitrogen and oxygen atoms in total. The molecule has 1 aliphatic rings. The molecule has 0 amide bonds. The fourth-order valence-electron chi connectivity index (χ4n) is 2.68. The molecule has 0 N–H and O–H groups in total. The lowest BCUT2D eigenvalue weighted by atomic mass is 9.87. The van der Waals surface area contributed by atoms with Gasteiger partial charge in [-0.1, -0.05) is 24.6 Å². The van der Waals surface area contributed by atoms with Crippen molar-refractivity contribution in [3.8, 4) is 0 Å². The zero-order valence-corrected chi connectivity index (χ0v) is 13.3. The number of rotatable bonds is 5. The third kappa shape index (κ3) is 3.62. The van der Waals surface area contributed by atoms with Crippen molar-refractivity contribution in [2.24, 2.45) is 0 Å². The summed E-state index contributed by atoms with van der Waals surface area (Å²) in [5.74, 6) is -0.385. The maximum absolute atomic E-state index is 13.9. The Morgan fingerprint density at radius 3 is 2.67 bits per heavy atom. The first kappa shape index (κ1) is 16.4. The van der Waals surface area contributed by atoms with Crippen molar-refractivity contribution < 1.29 is 13.9 Å². The monoisotopic (exact) mass is 313 g/mol. The third-order valence-electron chi connectivity index (χ3n) is 4.36. The topological polar surface area (TPSA) is 29.5 Å². The fraction of sp³-hybridized carbons (Fsp3) is 0.562. The minimum Gasteiger partial charge on any atom is -0.379 e. The number of ether oxygens (including phenoxy) is 1. The number of hydrogen-bond acceptors (Lipinski definition) is 3. The Morgan fingerprint density at radius 2 is 2.10 bits per heavy atom. The minimum atomic E-state index is -0.574. The highest BCUT2D eigenvalue weighted by Gasteiger charge is 2.38. The molecule has 1 heterocycles. The van der Waals surface area contributed by atoms with Gasteiger partial charge in [-0.25, -0.2) is 4.39 Å². The van der Waals surface area contributed by atoms with Crippen LogP contribution in [0.25, 0.3) is 0 Å². The van der Waals surface area contributed by atoms with E-state index in [9.17, 15) is 9.18 Å². The van der Waals surface area contributed by atoms with E-state index in [2.05, 4.69) is 4.90 Å². The predicted octanol–water partition coefficient (Wildman–Crippen LogP) is 3.09. The molecule has 0 aliphatic carbocycles. The molecular formula is C16H21ClFNO2. The molecule has 0 spiro atoms. The summed E-state index contributed by atoms with van der Waals surface area (Å²) in [7, 11) is 0. The number of benzene rings is 1. The van der Waals surface area contributed by atoms with Gasteiger partial charge >= 0.3 is 0 Å². The van der Waals surface area contributed by atoms with Crippen molar-refractivity contribution in [2.45, 2.75) is 32.2 Å². The first-order valence-corrected chi connectivity index (χ1v) is 7.65. The maximum atomic E-state index is 13.9. The molecule has 21 heavy (non-hydrogen) atoms. The van der Waals surface area contributed by atoms with Gasteiger partial charge in [0.2, 0.25) is 0 Å². The molecule has 0 aromatic heterocycles. The van der Waals surface area contributed by atoms with Gasteiger partial charge in [0.1, 0.15) is 5.82 Å². The molecule has 1 aromatic carbocycles. The fourth-order valence-corrected chi connectivity index (χ4v) is 2.84. The average Bonchev–Trinajstić information content (AvgIpc) is 2.50. The van der Waals surface area contributed by atoms with Gasteiger partial charge in [-0.05, 0) is 31.0 Å². The summed E-state index contributed by atoms with van der Waals surface area (Å²) in [4.78, 5) is 14.9. The Bertz CT molecular complexity index is 517. The van der Waals surface area contributed by atoms with E-state index in [0.29, 0.717) is 30.2 Å². The van der Waals surface area contributed by atoms with E-state index in [0.717, 1.165) is 13.1 Å². The van der Waals surface area contributed by atoms with Gasteiger partial charge in [-0.3, -0.25) is 9.69 Å². The van der Waals surface area contributed by atoms with Crippen LogP contribution in [0.15, 0.2) is 18.2 Å². The summed E-state index contributed by atoms with van der Waals surface area (Å²) in [5, 5.41) is 0.343. The predicted molar refractivity (Wildman–Crippen MR) is 81.2 cm³/mol. The Hall–Kier alpha value is -0.970. The number of halogens is 2. The van der Waals surface area contributed by atoms with Crippen LogP contribution in [-0.4, -0.2) is 42.5 Å².